The predicted octanol–water partition coefficient (Wildman–Crippen LogP) is 3.29. The summed E-state index contributed by atoms with van der Waals surface area (Å²) < 4.78 is 5.53. The number of hydrogen-bond donors (Lipinski definition) is 2. The number of nitrogens with zero attached hydrogens (tertiary/aromatic N) is 2. The third-order valence-electron chi connectivity index (χ3n) is 3.33. The van der Waals surface area contributed by atoms with Crippen molar-refractivity contribution >= 4 is 41.3 Å². The second-order valence-corrected chi connectivity index (χ2v) is 6.53. The van der Waals surface area contributed by atoms with Crippen LogP contribution in [-0.2, 0) is 11.2 Å². The molecule has 2 N–H and O–H groups in total. The first-order valence-corrected chi connectivity index (χ1v) is 8.94. The molecule has 7 heteroatoms. The molecule has 1 aromatic rings. The lowest BCUT2D eigenvalue weighted by Gasteiger charge is -2.11. The highest BCUT2D eigenvalue weighted by molar-refractivity contribution is 14.0. The highest BCUT2D eigenvalue weighted by Crippen LogP contribution is 2.16. The average Bonchev–Trinajstić information content (AvgIpc) is 2.83. The van der Waals surface area contributed by atoms with Crippen LogP contribution in [0.4, 0.5) is 0 Å². The number of thiazole rings is 1. The topological polar surface area (TPSA) is 58.5 Å². The molecule has 0 amide bonds. The van der Waals surface area contributed by atoms with E-state index in [1.807, 2.05) is 0 Å². The molecule has 0 bridgehead atoms. The van der Waals surface area contributed by atoms with Crippen LogP contribution in [0.25, 0.3) is 0 Å². The van der Waals surface area contributed by atoms with Crippen molar-refractivity contribution in [1.29, 1.82) is 0 Å². The van der Waals surface area contributed by atoms with Gasteiger partial charge in [-0.15, -0.1) is 35.3 Å². The van der Waals surface area contributed by atoms with Crippen molar-refractivity contribution in [3.8, 4) is 0 Å². The molecule has 0 saturated heterocycles. The van der Waals surface area contributed by atoms with E-state index in [0.29, 0.717) is 0 Å². The maximum absolute atomic E-state index is 5.53. The molecule has 0 aliphatic rings. The van der Waals surface area contributed by atoms with Crippen molar-refractivity contribution in [3.63, 3.8) is 0 Å². The lowest BCUT2D eigenvalue weighted by Crippen LogP contribution is -2.39. The van der Waals surface area contributed by atoms with Gasteiger partial charge in [0.25, 0.3) is 0 Å². The van der Waals surface area contributed by atoms with Crippen LogP contribution in [0.1, 0.15) is 41.8 Å². The number of unbranched alkanes of at least 4 members (excludes halogenated alkanes) is 1. The smallest absolute Gasteiger partial charge is 0.190 e. The number of hydrogen-bond acceptors (Lipinski definition) is 4. The predicted molar refractivity (Wildman–Crippen MR) is 110 cm³/mol. The Hall–Kier alpha value is -0.410. The van der Waals surface area contributed by atoms with Crippen LogP contribution in [0.2, 0.25) is 0 Å². The summed E-state index contributed by atoms with van der Waals surface area (Å²) in [6.45, 7) is 9.76. The molecule has 0 saturated carbocycles. The maximum atomic E-state index is 5.53. The quantitative estimate of drug-likeness (QED) is 0.247. The van der Waals surface area contributed by atoms with Gasteiger partial charge in [0.1, 0.15) is 0 Å². The van der Waals surface area contributed by atoms with Crippen molar-refractivity contribution in [2.75, 3.05) is 33.4 Å². The molecule has 0 aromatic carbocycles. The molecule has 0 fully saturated rings. The minimum absolute atomic E-state index is 0. The Balaban J connectivity index is 0.00000484. The van der Waals surface area contributed by atoms with E-state index < -0.39 is 0 Å². The van der Waals surface area contributed by atoms with Crippen LogP contribution < -0.4 is 10.6 Å². The molecule has 1 aromatic heterocycles. The third kappa shape index (κ3) is 10.1. The van der Waals surface area contributed by atoms with E-state index in [1.165, 1.54) is 16.3 Å². The van der Waals surface area contributed by atoms with Gasteiger partial charge in [0.15, 0.2) is 5.96 Å². The summed E-state index contributed by atoms with van der Waals surface area (Å²) in [7, 11) is 1.80. The number of nitrogens with one attached hydrogen (secondary N) is 2. The van der Waals surface area contributed by atoms with E-state index in [4.69, 9.17) is 4.74 Å². The van der Waals surface area contributed by atoms with Gasteiger partial charge in [-0.05, 0) is 26.7 Å². The first-order chi connectivity index (χ1) is 10.7. The van der Waals surface area contributed by atoms with Crippen molar-refractivity contribution < 1.29 is 4.74 Å². The van der Waals surface area contributed by atoms with E-state index in [0.717, 1.165) is 57.2 Å². The molecule has 1 rings (SSSR count). The highest BCUT2D eigenvalue weighted by atomic mass is 127. The van der Waals surface area contributed by atoms with Crippen LogP contribution in [-0.4, -0.2) is 44.3 Å². The lowest BCUT2D eigenvalue weighted by molar-refractivity contribution is 0.129. The zero-order chi connectivity index (χ0) is 16.2. The first-order valence-electron chi connectivity index (χ1n) is 8.12. The van der Waals surface area contributed by atoms with Crippen LogP contribution in [0.5, 0.6) is 0 Å². The van der Waals surface area contributed by atoms with Crippen LogP contribution in [0.3, 0.4) is 0 Å². The van der Waals surface area contributed by atoms with Gasteiger partial charge in [-0.1, -0.05) is 13.3 Å². The second kappa shape index (κ2) is 14.0. The van der Waals surface area contributed by atoms with Crippen LogP contribution in [0, 0.1) is 13.8 Å². The van der Waals surface area contributed by atoms with Gasteiger partial charge < -0.3 is 15.4 Å². The number of guanidine groups is 1. The van der Waals surface area contributed by atoms with E-state index in [1.54, 1.807) is 18.4 Å². The fourth-order valence-corrected chi connectivity index (χ4v) is 2.82. The molecule has 134 valence electrons. The number of aryl methyl sites for hydroxylation is 2. The summed E-state index contributed by atoms with van der Waals surface area (Å²) in [5.41, 5.74) is 1.14. The Kier molecular flexibility index (Phi) is 13.7. The molecule has 0 radical (unpaired) electrons. The van der Waals surface area contributed by atoms with E-state index in [2.05, 4.69) is 41.4 Å². The average molecular weight is 454 g/mol. The van der Waals surface area contributed by atoms with Gasteiger partial charge in [-0.3, -0.25) is 4.99 Å². The fraction of sp³-hybridized carbons (Fsp3) is 0.750. The molecule has 0 aliphatic carbocycles. The minimum atomic E-state index is 0. The zero-order valence-electron chi connectivity index (χ0n) is 14.8. The van der Waals surface area contributed by atoms with Crippen molar-refractivity contribution in [2.45, 2.75) is 46.5 Å². The molecular weight excluding hydrogens is 423 g/mol. The summed E-state index contributed by atoms with van der Waals surface area (Å²) >= 11 is 1.78. The standard InChI is InChI=1S/C16H30N4OS.HI/c1-5-6-11-21-12-7-9-18-16(17-4)19-10-8-15-20-13(2)14(3)22-15;/h5-12H2,1-4H3,(H2,17,18,19);1H. The van der Waals surface area contributed by atoms with Crippen molar-refractivity contribution in [1.82, 2.24) is 15.6 Å². The summed E-state index contributed by atoms with van der Waals surface area (Å²) in [6.07, 6.45) is 4.26. The monoisotopic (exact) mass is 454 g/mol. The third-order valence-corrected chi connectivity index (χ3v) is 4.46. The molecule has 1 heterocycles. The largest absolute Gasteiger partial charge is 0.381 e. The van der Waals surface area contributed by atoms with Crippen LogP contribution >= 0.6 is 35.3 Å². The number of rotatable bonds is 10. The summed E-state index contributed by atoms with van der Waals surface area (Å²) in [6, 6.07) is 0. The zero-order valence-corrected chi connectivity index (χ0v) is 17.9. The Bertz CT molecular complexity index is 432. The van der Waals surface area contributed by atoms with E-state index >= 15 is 0 Å². The highest BCUT2D eigenvalue weighted by Gasteiger charge is 2.04. The van der Waals surface area contributed by atoms with Crippen molar-refractivity contribution in [2.24, 2.45) is 4.99 Å². The van der Waals surface area contributed by atoms with Gasteiger partial charge in [0, 0.05) is 44.6 Å². The van der Waals surface area contributed by atoms with Gasteiger partial charge in [0.05, 0.1) is 10.7 Å². The van der Waals surface area contributed by atoms with Gasteiger partial charge in [-0.2, -0.15) is 0 Å². The number of aliphatic imine (C=N–C) groups is 1. The first kappa shape index (κ1) is 22.6. The van der Waals surface area contributed by atoms with E-state index in [9.17, 15) is 0 Å². The lowest BCUT2D eigenvalue weighted by atomic mass is 10.4. The molecular formula is C16H31IN4OS. The number of ether oxygens (including phenoxy) is 1. The molecule has 23 heavy (non-hydrogen) atoms. The number of halogens is 1. The van der Waals surface area contributed by atoms with E-state index in [-0.39, 0.29) is 24.0 Å². The number of aromatic nitrogens is 1. The maximum Gasteiger partial charge on any atom is 0.190 e. The summed E-state index contributed by atoms with van der Waals surface area (Å²) in [4.78, 5) is 10.1. The van der Waals surface area contributed by atoms with Crippen LogP contribution in [0.15, 0.2) is 4.99 Å². The molecule has 0 spiro atoms. The molecule has 5 nitrogen and oxygen atoms in total. The Morgan fingerprint density at radius 1 is 1.17 bits per heavy atom. The van der Waals surface area contributed by atoms with Gasteiger partial charge in [-0.25, -0.2) is 4.98 Å². The minimum Gasteiger partial charge on any atom is -0.381 e. The SMILES string of the molecule is CCCCOCCCNC(=NC)NCCc1nc(C)c(C)s1.I. The summed E-state index contributed by atoms with van der Waals surface area (Å²) in [5, 5.41) is 7.81. The Labute approximate surface area is 161 Å². The Morgan fingerprint density at radius 2 is 1.87 bits per heavy atom. The molecule has 0 aliphatic heterocycles. The van der Waals surface area contributed by atoms with Crippen molar-refractivity contribution in [3.05, 3.63) is 15.6 Å². The van der Waals surface area contributed by atoms with Gasteiger partial charge in [0.2, 0.25) is 0 Å². The normalized spacial score (nSPS) is 11.2. The molecule has 0 unspecified atom stereocenters. The molecule has 0 atom stereocenters. The Morgan fingerprint density at radius 3 is 2.48 bits per heavy atom. The second-order valence-electron chi connectivity index (χ2n) is 5.24. The van der Waals surface area contributed by atoms with Gasteiger partial charge >= 0.3 is 0 Å². The fourth-order valence-electron chi connectivity index (χ4n) is 1.88. The summed E-state index contributed by atoms with van der Waals surface area (Å²) in [5.74, 6) is 0.846.